The number of nitroso groups, excluding NO2 is 1. The number of hydrogen-bond acceptors (Lipinski definition) is 4. The van der Waals surface area contributed by atoms with Gasteiger partial charge in [0.1, 0.15) is 0 Å². The second-order valence-corrected chi connectivity index (χ2v) is 4.77. The predicted octanol–water partition coefficient (Wildman–Crippen LogP) is 1.01. The van der Waals surface area contributed by atoms with Crippen LogP contribution in [0, 0.1) is 16.7 Å². The van der Waals surface area contributed by atoms with E-state index in [1.807, 2.05) is 0 Å². The van der Waals surface area contributed by atoms with Crippen molar-refractivity contribution in [1.29, 1.82) is 0 Å². The summed E-state index contributed by atoms with van der Waals surface area (Å²) >= 11 is 0. The highest BCUT2D eigenvalue weighted by Gasteiger charge is 2.31. The lowest BCUT2D eigenvalue weighted by Crippen LogP contribution is -2.36. The summed E-state index contributed by atoms with van der Waals surface area (Å²) < 4.78 is 0. The van der Waals surface area contributed by atoms with Crippen LogP contribution in [-0.2, 0) is 14.4 Å². The summed E-state index contributed by atoms with van der Waals surface area (Å²) in [5, 5.41) is 2.45. The molecule has 0 unspecified atom stereocenters. The van der Waals surface area contributed by atoms with E-state index in [1.54, 1.807) is 0 Å². The van der Waals surface area contributed by atoms with Crippen molar-refractivity contribution in [3.8, 4) is 0 Å². The summed E-state index contributed by atoms with van der Waals surface area (Å²) in [6.45, 7) is 0.403. The summed E-state index contributed by atoms with van der Waals surface area (Å²) in [5.41, 5.74) is 0. The van der Waals surface area contributed by atoms with E-state index in [4.69, 9.17) is 0 Å². The van der Waals surface area contributed by atoms with Crippen LogP contribution in [0.25, 0.3) is 0 Å². The normalized spacial score (nSPS) is 27.7. The molecular weight excluding hydrogens is 236 g/mol. The van der Waals surface area contributed by atoms with Gasteiger partial charge in [-0.15, -0.1) is 4.91 Å². The zero-order valence-electron chi connectivity index (χ0n) is 9.87. The van der Waals surface area contributed by atoms with E-state index < -0.39 is 5.91 Å². The summed E-state index contributed by atoms with van der Waals surface area (Å²) in [5.74, 6) is -1.18. The minimum absolute atomic E-state index is 0.216. The van der Waals surface area contributed by atoms with Crippen molar-refractivity contribution in [2.75, 3.05) is 6.54 Å². The van der Waals surface area contributed by atoms with Crippen LogP contribution in [0.2, 0.25) is 0 Å². The zero-order valence-corrected chi connectivity index (χ0v) is 9.87. The number of hydrogen-bond donors (Lipinski definition) is 0. The molecule has 0 radical (unpaired) electrons. The Balaban J connectivity index is 1.84. The number of imide groups is 1. The van der Waals surface area contributed by atoms with Crippen molar-refractivity contribution < 1.29 is 14.4 Å². The van der Waals surface area contributed by atoms with Gasteiger partial charge in [-0.3, -0.25) is 19.3 Å². The predicted molar refractivity (Wildman–Crippen MR) is 62.1 cm³/mol. The van der Waals surface area contributed by atoms with Gasteiger partial charge in [-0.1, -0.05) is 0 Å². The van der Waals surface area contributed by atoms with Gasteiger partial charge < -0.3 is 0 Å². The van der Waals surface area contributed by atoms with Crippen molar-refractivity contribution in [2.24, 2.45) is 17.0 Å². The molecule has 2 rings (SSSR count). The first kappa shape index (κ1) is 12.6. The molecule has 1 fully saturated rings. The Morgan fingerprint density at radius 2 is 1.72 bits per heavy atom. The van der Waals surface area contributed by atoms with E-state index in [2.05, 4.69) is 5.18 Å². The third-order valence-corrected chi connectivity index (χ3v) is 3.63. The van der Waals surface area contributed by atoms with Gasteiger partial charge in [0.05, 0.1) is 0 Å². The Hall–Kier alpha value is -1.85. The summed E-state index contributed by atoms with van der Waals surface area (Å²) in [4.78, 5) is 45.3. The minimum atomic E-state index is -0.580. The molecule has 0 saturated heterocycles. The molecule has 1 aliphatic heterocycles. The largest absolute Gasteiger partial charge is 0.289 e. The van der Waals surface area contributed by atoms with Gasteiger partial charge in [0.2, 0.25) is 0 Å². The molecule has 3 amide bonds. The van der Waals surface area contributed by atoms with Crippen molar-refractivity contribution in [3.05, 3.63) is 17.1 Å². The van der Waals surface area contributed by atoms with Gasteiger partial charge in [-0.05, 0) is 31.6 Å². The Morgan fingerprint density at radius 3 is 2.22 bits per heavy atom. The lowest BCUT2D eigenvalue weighted by molar-refractivity contribution is -0.138. The highest BCUT2D eigenvalue weighted by atomic mass is 16.3. The van der Waals surface area contributed by atoms with Gasteiger partial charge in [0.25, 0.3) is 17.7 Å². The summed E-state index contributed by atoms with van der Waals surface area (Å²) in [6.07, 6.45) is 5.24. The van der Waals surface area contributed by atoms with Crippen LogP contribution in [0.5, 0.6) is 0 Å². The number of nitrogens with zero attached hydrogens (tertiary/aromatic N) is 2. The monoisotopic (exact) mass is 250 g/mol. The quantitative estimate of drug-likeness (QED) is 0.552. The van der Waals surface area contributed by atoms with Crippen LogP contribution >= 0.6 is 0 Å². The molecule has 0 bridgehead atoms. The van der Waals surface area contributed by atoms with Gasteiger partial charge in [0.15, 0.2) is 0 Å². The third-order valence-electron chi connectivity index (χ3n) is 3.63. The van der Waals surface area contributed by atoms with Gasteiger partial charge in [-0.25, -0.2) is 0 Å². The molecule has 96 valence electrons. The number of amides is 3. The number of carbonyl (C=O) groups is 3. The lowest BCUT2D eigenvalue weighted by Gasteiger charge is -2.28. The molecule has 6 nitrogen and oxygen atoms in total. The molecule has 18 heavy (non-hydrogen) atoms. The van der Waals surface area contributed by atoms with E-state index in [0.29, 0.717) is 19.4 Å². The second kappa shape index (κ2) is 5.20. The first-order valence-electron chi connectivity index (χ1n) is 6.02. The molecule has 0 aromatic rings. The van der Waals surface area contributed by atoms with E-state index >= 15 is 0 Å². The first-order valence-corrected chi connectivity index (χ1v) is 6.02. The highest BCUT2D eigenvalue weighted by Crippen LogP contribution is 2.30. The van der Waals surface area contributed by atoms with Crippen LogP contribution in [0.3, 0.4) is 0 Å². The molecule has 0 atom stereocenters. The maximum Gasteiger partial charge on any atom is 0.289 e. The van der Waals surface area contributed by atoms with Crippen molar-refractivity contribution in [2.45, 2.75) is 25.7 Å². The van der Waals surface area contributed by atoms with Crippen LogP contribution in [0.4, 0.5) is 0 Å². The standard InChI is InChI=1S/C12H14N2O4/c15-10-5-6-11(16)14(10)7-8-1-3-9(4-2-8)12(17)13-18/h5-6,8-9H,1-4,7H2. The summed E-state index contributed by atoms with van der Waals surface area (Å²) in [6, 6.07) is 0. The number of carbonyl (C=O) groups excluding carboxylic acids is 3. The smallest absolute Gasteiger partial charge is 0.275 e. The molecule has 6 heteroatoms. The summed E-state index contributed by atoms with van der Waals surface area (Å²) in [7, 11) is 0. The first-order chi connectivity index (χ1) is 8.61. The minimum Gasteiger partial charge on any atom is -0.275 e. The SMILES string of the molecule is O=NC(=O)C1CCC(CN2C(=O)C=CC2=O)CC1. The van der Waals surface area contributed by atoms with E-state index in [-0.39, 0.29) is 23.7 Å². The van der Waals surface area contributed by atoms with Crippen molar-refractivity contribution in [3.63, 3.8) is 0 Å². The molecule has 1 aliphatic carbocycles. The van der Waals surface area contributed by atoms with Crippen LogP contribution in [0.1, 0.15) is 25.7 Å². The molecule has 2 aliphatic rings. The Morgan fingerprint density at radius 1 is 1.17 bits per heavy atom. The van der Waals surface area contributed by atoms with Crippen LogP contribution < -0.4 is 0 Å². The average Bonchev–Trinajstić information content (AvgIpc) is 2.70. The Bertz CT molecular complexity index is 404. The molecular formula is C12H14N2O4. The van der Waals surface area contributed by atoms with E-state index in [1.165, 1.54) is 17.1 Å². The zero-order chi connectivity index (χ0) is 13.1. The van der Waals surface area contributed by atoms with Crippen LogP contribution in [0.15, 0.2) is 17.3 Å². The Kier molecular flexibility index (Phi) is 3.64. The topological polar surface area (TPSA) is 83.9 Å². The van der Waals surface area contributed by atoms with E-state index in [0.717, 1.165) is 12.8 Å². The Labute approximate surface area is 104 Å². The fourth-order valence-corrected chi connectivity index (χ4v) is 2.54. The maximum atomic E-state index is 11.4. The molecule has 1 saturated carbocycles. The number of rotatable bonds is 3. The van der Waals surface area contributed by atoms with E-state index in [9.17, 15) is 19.3 Å². The fourth-order valence-electron chi connectivity index (χ4n) is 2.54. The fraction of sp³-hybridized carbons (Fsp3) is 0.583. The van der Waals surface area contributed by atoms with Crippen molar-refractivity contribution >= 4 is 17.7 Å². The second-order valence-electron chi connectivity index (χ2n) is 4.77. The van der Waals surface area contributed by atoms with Gasteiger partial charge >= 0.3 is 0 Å². The molecule has 0 aromatic carbocycles. The van der Waals surface area contributed by atoms with Gasteiger partial charge in [-0.2, -0.15) is 0 Å². The molecule has 0 aromatic heterocycles. The van der Waals surface area contributed by atoms with Crippen LogP contribution in [-0.4, -0.2) is 29.2 Å². The highest BCUT2D eigenvalue weighted by molar-refractivity contribution is 6.12. The molecule has 0 spiro atoms. The third kappa shape index (κ3) is 2.52. The lowest BCUT2D eigenvalue weighted by atomic mass is 9.81. The molecule has 1 heterocycles. The maximum absolute atomic E-state index is 11.4. The van der Waals surface area contributed by atoms with Gasteiger partial charge in [0, 0.05) is 29.8 Å². The average molecular weight is 250 g/mol. The van der Waals surface area contributed by atoms with Crippen molar-refractivity contribution in [1.82, 2.24) is 4.90 Å². The molecule has 0 N–H and O–H groups in total.